The van der Waals surface area contributed by atoms with Gasteiger partial charge < -0.3 is 10.2 Å². The Labute approximate surface area is 110 Å². The molecule has 2 atom stereocenters. The molecule has 2 nitrogen and oxygen atoms in total. The van der Waals surface area contributed by atoms with Crippen LogP contribution in [-0.2, 0) is 0 Å². The van der Waals surface area contributed by atoms with Crippen LogP contribution >= 0.6 is 0 Å². The SMILES string of the molecule is Cc1ccc(N2CCCC3NCC(C)(C)C32)cc1. The van der Waals surface area contributed by atoms with Gasteiger partial charge in [0.25, 0.3) is 0 Å². The number of hydrogen-bond acceptors (Lipinski definition) is 2. The predicted octanol–water partition coefficient (Wildman–Crippen LogP) is 2.96. The second kappa shape index (κ2) is 4.27. The highest BCUT2D eigenvalue weighted by Gasteiger charge is 2.46. The van der Waals surface area contributed by atoms with Gasteiger partial charge in [0.05, 0.1) is 6.04 Å². The van der Waals surface area contributed by atoms with Crippen molar-refractivity contribution in [2.75, 3.05) is 18.0 Å². The Bertz CT molecular complexity index is 421. The molecule has 0 saturated carbocycles. The average Bonchev–Trinajstić information content (AvgIpc) is 2.67. The minimum absolute atomic E-state index is 0.371. The zero-order valence-electron chi connectivity index (χ0n) is 11.7. The third-order valence-corrected chi connectivity index (χ3v) is 4.62. The van der Waals surface area contributed by atoms with Crippen molar-refractivity contribution in [2.45, 2.75) is 45.7 Å². The van der Waals surface area contributed by atoms with Crippen LogP contribution in [0.3, 0.4) is 0 Å². The maximum absolute atomic E-state index is 3.72. The highest BCUT2D eigenvalue weighted by molar-refractivity contribution is 5.50. The van der Waals surface area contributed by atoms with Crippen molar-refractivity contribution in [3.63, 3.8) is 0 Å². The number of anilines is 1. The molecule has 2 heteroatoms. The van der Waals surface area contributed by atoms with Crippen LogP contribution in [0, 0.1) is 12.3 Å². The maximum atomic E-state index is 3.72. The lowest BCUT2D eigenvalue weighted by Gasteiger charge is -2.44. The topological polar surface area (TPSA) is 15.3 Å². The second-order valence-electron chi connectivity index (χ2n) is 6.59. The number of nitrogens with one attached hydrogen (secondary N) is 1. The molecule has 0 spiro atoms. The molecule has 0 radical (unpaired) electrons. The van der Waals surface area contributed by atoms with Gasteiger partial charge in [-0.1, -0.05) is 31.5 Å². The van der Waals surface area contributed by atoms with Gasteiger partial charge in [0.2, 0.25) is 0 Å². The minimum Gasteiger partial charge on any atom is -0.366 e. The van der Waals surface area contributed by atoms with Gasteiger partial charge in [-0.25, -0.2) is 0 Å². The van der Waals surface area contributed by atoms with Gasteiger partial charge in [0.1, 0.15) is 0 Å². The largest absolute Gasteiger partial charge is 0.366 e. The van der Waals surface area contributed by atoms with Crippen molar-refractivity contribution in [3.05, 3.63) is 29.8 Å². The lowest BCUT2D eigenvalue weighted by atomic mass is 9.80. The molecule has 2 aliphatic heterocycles. The molecule has 0 aromatic heterocycles. The fourth-order valence-corrected chi connectivity index (χ4v) is 3.70. The molecule has 98 valence electrons. The van der Waals surface area contributed by atoms with Gasteiger partial charge in [0.15, 0.2) is 0 Å². The summed E-state index contributed by atoms with van der Waals surface area (Å²) in [5.74, 6) is 0. The molecule has 2 unspecified atom stereocenters. The van der Waals surface area contributed by atoms with Gasteiger partial charge >= 0.3 is 0 Å². The van der Waals surface area contributed by atoms with Crippen molar-refractivity contribution in [1.29, 1.82) is 0 Å². The van der Waals surface area contributed by atoms with E-state index in [4.69, 9.17) is 0 Å². The molecule has 1 aromatic carbocycles. The third kappa shape index (κ3) is 1.93. The van der Waals surface area contributed by atoms with E-state index < -0.39 is 0 Å². The molecule has 1 aromatic rings. The monoisotopic (exact) mass is 244 g/mol. The molecule has 0 bridgehead atoms. The molecule has 3 rings (SSSR count). The summed E-state index contributed by atoms with van der Waals surface area (Å²) < 4.78 is 0. The van der Waals surface area contributed by atoms with Gasteiger partial charge in [-0.2, -0.15) is 0 Å². The molecule has 2 fully saturated rings. The molecule has 18 heavy (non-hydrogen) atoms. The zero-order chi connectivity index (χ0) is 12.8. The van der Waals surface area contributed by atoms with Crippen molar-refractivity contribution >= 4 is 5.69 Å². The van der Waals surface area contributed by atoms with E-state index in [1.165, 1.54) is 30.6 Å². The summed E-state index contributed by atoms with van der Waals surface area (Å²) in [7, 11) is 0. The highest BCUT2D eigenvalue weighted by atomic mass is 15.2. The van der Waals surface area contributed by atoms with Gasteiger partial charge in [-0.3, -0.25) is 0 Å². The van der Waals surface area contributed by atoms with Gasteiger partial charge in [-0.15, -0.1) is 0 Å². The van der Waals surface area contributed by atoms with Crippen LogP contribution in [0.25, 0.3) is 0 Å². The fourth-order valence-electron chi connectivity index (χ4n) is 3.70. The number of nitrogens with zero attached hydrogens (tertiary/aromatic N) is 1. The molecule has 2 aliphatic rings. The predicted molar refractivity (Wildman–Crippen MR) is 77.1 cm³/mol. The van der Waals surface area contributed by atoms with E-state index in [-0.39, 0.29) is 0 Å². The van der Waals surface area contributed by atoms with Crippen molar-refractivity contribution in [2.24, 2.45) is 5.41 Å². The standard InChI is InChI=1S/C16H24N2/c1-12-6-8-13(9-7-12)18-10-4-5-14-15(18)16(2,3)11-17-14/h6-9,14-15,17H,4-5,10-11H2,1-3H3. The third-order valence-electron chi connectivity index (χ3n) is 4.62. The van der Waals surface area contributed by atoms with Crippen LogP contribution in [-0.4, -0.2) is 25.2 Å². The van der Waals surface area contributed by atoms with E-state index >= 15 is 0 Å². The lowest BCUT2D eigenvalue weighted by Crippen LogP contribution is -2.53. The summed E-state index contributed by atoms with van der Waals surface area (Å²) in [6.45, 7) is 9.30. The molecular formula is C16H24N2. The Balaban J connectivity index is 1.92. The quantitative estimate of drug-likeness (QED) is 0.817. The van der Waals surface area contributed by atoms with Crippen LogP contribution in [0.5, 0.6) is 0 Å². The Morgan fingerprint density at radius 2 is 1.94 bits per heavy atom. The first-order valence-corrected chi connectivity index (χ1v) is 7.15. The zero-order valence-corrected chi connectivity index (χ0v) is 11.7. The Hall–Kier alpha value is -1.02. The Morgan fingerprint density at radius 3 is 2.67 bits per heavy atom. The normalized spacial score (nSPS) is 30.3. The second-order valence-corrected chi connectivity index (χ2v) is 6.59. The molecule has 2 heterocycles. The summed E-state index contributed by atoms with van der Waals surface area (Å²) in [4.78, 5) is 2.63. The van der Waals surface area contributed by atoms with Crippen molar-refractivity contribution < 1.29 is 0 Å². The van der Waals surface area contributed by atoms with Crippen LogP contribution in [0.4, 0.5) is 5.69 Å². The smallest absolute Gasteiger partial charge is 0.0506 e. The van der Waals surface area contributed by atoms with Crippen LogP contribution in [0.15, 0.2) is 24.3 Å². The number of fused-ring (bicyclic) bond motifs is 1. The van der Waals surface area contributed by atoms with E-state index in [1.54, 1.807) is 0 Å². The van der Waals surface area contributed by atoms with Crippen LogP contribution < -0.4 is 10.2 Å². The van der Waals surface area contributed by atoms with Crippen LogP contribution in [0.1, 0.15) is 32.3 Å². The van der Waals surface area contributed by atoms with Gasteiger partial charge in [-0.05, 0) is 37.3 Å². The van der Waals surface area contributed by atoms with Crippen molar-refractivity contribution in [1.82, 2.24) is 5.32 Å². The molecule has 0 aliphatic carbocycles. The first-order valence-electron chi connectivity index (χ1n) is 7.15. The Kier molecular flexibility index (Phi) is 2.86. The van der Waals surface area contributed by atoms with E-state index in [0.717, 1.165) is 6.54 Å². The van der Waals surface area contributed by atoms with Crippen molar-refractivity contribution in [3.8, 4) is 0 Å². The summed E-state index contributed by atoms with van der Waals surface area (Å²) >= 11 is 0. The maximum Gasteiger partial charge on any atom is 0.0506 e. The molecule has 0 amide bonds. The number of piperidine rings is 1. The highest BCUT2D eigenvalue weighted by Crippen LogP contribution is 2.39. The summed E-state index contributed by atoms with van der Waals surface area (Å²) in [6.07, 6.45) is 2.63. The number of benzene rings is 1. The van der Waals surface area contributed by atoms with E-state index in [0.29, 0.717) is 17.5 Å². The van der Waals surface area contributed by atoms with E-state index in [2.05, 4.69) is 55.3 Å². The first kappa shape index (κ1) is 12.0. The molecular weight excluding hydrogens is 220 g/mol. The van der Waals surface area contributed by atoms with E-state index in [9.17, 15) is 0 Å². The number of hydrogen-bond donors (Lipinski definition) is 1. The Morgan fingerprint density at radius 1 is 1.22 bits per heavy atom. The van der Waals surface area contributed by atoms with Gasteiger partial charge in [0, 0.05) is 24.8 Å². The lowest BCUT2D eigenvalue weighted by molar-refractivity contribution is 0.291. The number of rotatable bonds is 1. The molecule has 1 N–H and O–H groups in total. The summed E-state index contributed by atoms with van der Waals surface area (Å²) in [6, 6.07) is 10.4. The fraction of sp³-hybridized carbons (Fsp3) is 0.625. The van der Waals surface area contributed by atoms with E-state index in [1.807, 2.05) is 0 Å². The van der Waals surface area contributed by atoms with Crippen LogP contribution in [0.2, 0.25) is 0 Å². The number of aryl methyl sites for hydroxylation is 1. The molecule has 2 saturated heterocycles. The average molecular weight is 244 g/mol. The summed E-state index contributed by atoms with van der Waals surface area (Å²) in [5, 5.41) is 3.72. The first-order chi connectivity index (χ1) is 8.58. The summed E-state index contributed by atoms with van der Waals surface area (Å²) in [5.41, 5.74) is 3.11. The minimum atomic E-state index is 0.371.